The Kier molecular flexibility index (Phi) is 3.97. The van der Waals surface area contributed by atoms with Crippen molar-refractivity contribution in [2.24, 2.45) is 0 Å². The molecule has 0 nitrogen and oxygen atoms in total. The second-order valence-electron chi connectivity index (χ2n) is 2.89. The summed E-state index contributed by atoms with van der Waals surface area (Å²) in [4.78, 5) is 0. The van der Waals surface area contributed by atoms with Gasteiger partial charge < -0.3 is 0 Å². The van der Waals surface area contributed by atoms with E-state index in [9.17, 15) is 4.39 Å². The number of alkyl halides is 1. The van der Waals surface area contributed by atoms with Gasteiger partial charge in [0.25, 0.3) is 0 Å². The molecule has 0 saturated heterocycles. The van der Waals surface area contributed by atoms with Crippen molar-refractivity contribution in [1.29, 1.82) is 0 Å². The van der Waals surface area contributed by atoms with Gasteiger partial charge >= 0.3 is 0 Å². The van der Waals surface area contributed by atoms with Gasteiger partial charge in [0, 0.05) is 5.88 Å². The Bertz CT molecular complexity index is 305. The summed E-state index contributed by atoms with van der Waals surface area (Å²) in [7, 11) is 0. The molecule has 1 aromatic carbocycles. The second-order valence-corrected chi connectivity index (χ2v) is 3.27. The van der Waals surface area contributed by atoms with Gasteiger partial charge in [0.2, 0.25) is 0 Å². The van der Waals surface area contributed by atoms with Crippen LogP contribution in [0.15, 0.2) is 24.3 Å². The minimum Gasteiger partial charge on any atom is -0.207 e. The second kappa shape index (κ2) is 5.03. The van der Waals surface area contributed by atoms with Gasteiger partial charge in [-0.3, -0.25) is 0 Å². The van der Waals surface area contributed by atoms with E-state index in [2.05, 4.69) is 0 Å². The number of allylic oxidation sites excluding steroid dienone is 1. The molecule has 70 valence electrons. The van der Waals surface area contributed by atoms with E-state index in [1.165, 1.54) is 6.07 Å². The number of benzene rings is 1. The van der Waals surface area contributed by atoms with E-state index in [0.717, 1.165) is 12.0 Å². The Labute approximate surface area is 83.0 Å². The van der Waals surface area contributed by atoms with Gasteiger partial charge in [0.05, 0.1) is 0 Å². The Morgan fingerprint density at radius 2 is 2.23 bits per heavy atom. The van der Waals surface area contributed by atoms with Crippen molar-refractivity contribution >= 4 is 17.7 Å². The summed E-state index contributed by atoms with van der Waals surface area (Å²) in [6, 6.07) is 5.06. The molecule has 0 spiro atoms. The molecule has 0 aromatic heterocycles. The summed E-state index contributed by atoms with van der Waals surface area (Å²) in [5.41, 5.74) is 1.69. The lowest BCUT2D eigenvalue weighted by atomic mass is 10.1. The Hall–Kier alpha value is -0.820. The summed E-state index contributed by atoms with van der Waals surface area (Å²) in [5, 5.41) is 0. The maximum atomic E-state index is 12.8. The van der Waals surface area contributed by atoms with E-state index in [1.807, 2.05) is 18.2 Å². The van der Waals surface area contributed by atoms with Gasteiger partial charge in [-0.05, 0) is 36.6 Å². The highest BCUT2D eigenvalue weighted by Gasteiger charge is 1.95. The standard InChI is InChI=1S/C11H12ClF/c1-9-8-10(4-2-3-7-12)5-6-11(9)13/h2,4-6,8H,3,7H2,1H3/b4-2+. The summed E-state index contributed by atoms with van der Waals surface area (Å²) >= 11 is 5.51. The molecule has 0 aliphatic carbocycles. The van der Waals surface area contributed by atoms with Gasteiger partial charge in [0.1, 0.15) is 5.82 Å². The van der Waals surface area contributed by atoms with Crippen LogP contribution in [0.25, 0.3) is 6.08 Å². The maximum absolute atomic E-state index is 12.8. The zero-order valence-electron chi connectivity index (χ0n) is 7.56. The smallest absolute Gasteiger partial charge is 0.126 e. The summed E-state index contributed by atoms with van der Waals surface area (Å²) in [5.74, 6) is 0.464. The quantitative estimate of drug-likeness (QED) is 0.649. The largest absolute Gasteiger partial charge is 0.207 e. The van der Waals surface area contributed by atoms with E-state index < -0.39 is 0 Å². The minimum absolute atomic E-state index is 0.158. The molecule has 0 saturated carbocycles. The third-order valence-electron chi connectivity index (χ3n) is 1.77. The predicted molar refractivity (Wildman–Crippen MR) is 55.5 cm³/mol. The first-order valence-corrected chi connectivity index (χ1v) is 4.76. The van der Waals surface area contributed by atoms with Crippen molar-refractivity contribution in [2.75, 3.05) is 5.88 Å². The zero-order valence-corrected chi connectivity index (χ0v) is 8.31. The van der Waals surface area contributed by atoms with Crippen LogP contribution in [0.3, 0.4) is 0 Å². The van der Waals surface area contributed by atoms with E-state index >= 15 is 0 Å². The molecule has 0 aliphatic heterocycles. The SMILES string of the molecule is Cc1cc(/C=C/CCCl)ccc1F. The first kappa shape index (κ1) is 10.3. The van der Waals surface area contributed by atoms with Crippen LogP contribution in [0, 0.1) is 12.7 Å². The summed E-state index contributed by atoms with van der Waals surface area (Å²) in [6.07, 6.45) is 4.78. The average molecular weight is 199 g/mol. The molecule has 0 aliphatic rings. The van der Waals surface area contributed by atoms with Crippen LogP contribution in [0.1, 0.15) is 17.5 Å². The van der Waals surface area contributed by atoms with Crippen molar-refractivity contribution in [3.05, 3.63) is 41.2 Å². The number of aryl methyl sites for hydroxylation is 1. The van der Waals surface area contributed by atoms with Gasteiger partial charge in [-0.2, -0.15) is 0 Å². The van der Waals surface area contributed by atoms with E-state index in [1.54, 1.807) is 13.0 Å². The highest BCUT2D eigenvalue weighted by Crippen LogP contribution is 2.10. The first-order valence-electron chi connectivity index (χ1n) is 4.22. The van der Waals surface area contributed by atoms with Gasteiger partial charge in [-0.15, -0.1) is 11.6 Å². The van der Waals surface area contributed by atoms with Gasteiger partial charge in [-0.1, -0.05) is 18.2 Å². The number of hydrogen-bond acceptors (Lipinski definition) is 0. The molecule has 0 radical (unpaired) electrons. The van der Waals surface area contributed by atoms with Crippen molar-refractivity contribution < 1.29 is 4.39 Å². The van der Waals surface area contributed by atoms with E-state index in [0.29, 0.717) is 11.4 Å². The summed E-state index contributed by atoms with van der Waals surface area (Å²) < 4.78 is 12.8. The molecular weight excluding hydrogens is 187 g/mol. The van der Waals surface area contributed by atoms with Crippen molar-refractivity contribution in [2.45, 2.75) is 13.3 Å². The van der Waals surface area contributed by atoms with Crippen LogP contribution in [0.2, 0.25) is 0 Å². The lowest BCUT2D eigenvalue weighted by molar-refractivity contribution is 0.618. The van der Waals surface area contributed by atoms with Crippen LogP contribution >= 0.6 is 11.6 Å². The Balaban J connectivity index is 2.73. The van der Waals surface area contributed by atoms with Crippen LogP contribution in [0.5, 0.6) is 0 Å². The lowest BCUT2D eigenvalue weighted by Crippen LogP contribution is -1.82. The monoisotopic (exact) mass is 198 g/mol. The number of rotatable bonds is 3. The Morgan fingerprint density at radius 3 is 2.85 bits per heavy atom. The third-order valence-corrected chi connectivity index (χ3v) is 1.99. The minimum atomic E-state index is -0.158. The van der Waals surface area contributed by atoms with Crippen molar-refractivity contribution in [1.82, 2.24) is 0 Å². The molecule has 0 fully saturated rings. The number of halogens is 2. The fourth-order valence-corrected chi connectivity index (χ4v) is 1.18. The van der Waals surface area contributed by atoms with Gasteiger partial charge in [0.15, 0.2) is 0 Å². The van der Waals surface area contributed by atoms with Crippen molar-refractivity contribution in [3.8, 4) is 0 Å². The Morgan fingerprint density at radius 1 is 1.46 bits per heavy atom. The molecule has 0 N–H and O–H groups in total. The van der Waals surface area contributed by atoms with E-state index in [-0.39, 0.29) is 5.82 Å². The van der Waals surface area contributed by atoms with Crippen molar-refractivity contribution in [3.63, 3.8) is 0 Å². The number of hydrogen-bond donors (Lipinski definition) is 0. The fraction of sp³-hybridized carbons (Fsp3) is 0.273. The molecule has 0 bridgehead atoms. The lowest BCUT2D eigenvalue weighted by Gasteiger charge is -1.97. The first-order chi connectivity index (χ1) is 6.24. The van der Waals surface area contributed by atoms with Crippen LogP contribution in [-0.2, 0) is 0 Å². The molecule has 0 unspecified atom stereocenters. The summed E-state index contributed by atoms with van der Waals surface area (Å²) in [6.45, 7) is 1.76. The molecule has 13 heavy (non-hydrogen) atoms. The average Bonchev–Trinajstić information content (AvgIpc) is 2.12. The highest BCUT2D eigenvalue weighted by molar-refractivity contribution is 6.17. The zero-order chi connectivity index (χ0) is 9.68. The predicted octanol–water partition coefficient (Wildman–Crippen LogP) is 3.78. The van der Waals surface area contributed by atoms with Crippen LogP contribution in [0.4, 0.5) is 4.39 Å². The molecule has 0 atom stereocenters. The fourth-order valence-electron chi connectivity index (χ4n) is 1.05. The third kappa shape index (κ3) is 3.19. The molecular formula is C11H12ClF. The maximum Gasteiger partial charge on any atom is 0.126 e. The molecule has 1 aromatic rings. The van der Waals surface area contributed by atoms with Crippen LogP contribution < -0.4 is 0 Å². The molecule has 0 amide bonds. The topological polar surface area (TPSA) is 0 Å². The van der Waals surface area contributed by atoms with Gasteiger partial charge in [-0.25, -0.2) is 4.39 Å². The van der Waals surface area contributed by atoms with Crippen LogP contribution in [-0.4, -0.2) is 5.88 Å². The highest BCUT2D eigenvalue weighted by atomic mass is 35.5. The molecule has 2 heteroatoms. The molecule has 0 heterocycles. The molecule has 1 rings (SSSR count). The normalized spacial score (nSPS) is 11.0. The van der Waals surface area contributed by atoms with E-state index in [4.69, 9.17) is 11.6 Å².